The van der Waals surface area contributed by atoms with Gasteiger partial charge in [0.1, 0.15) is 12.1 Å². The van der Waals surface area contributed by atoms with Gasteiger partial charge in [-0.2, -0.15) is 0 Å². The Labute approximate surface area is 138 Å². The van der Waals surface area contributed by atoms with Crippen molar-refractivity contribution in [1.82, 2.24) is 5.32 Å². The molecule has 1 aliphatic heterocycles. The monoisotopic (exact) mass is 345 g/mol. The lowest BCUT2D eigenvalue weighted by Crippen LogP contribution is -2.49. The smallest absolute Gasteiger partial charge is 0.249 e. The minimum atomic E-state index is -0.795. The van der Waals surface area contributed by atoms with Crippen molar-refractivity contribution in [3.63, 3.8) is 0 Å². The van der Waals surface area contributed by atoms with Crippen LogP contribution < -0.4 is 16.0 Å². The molecule has 0 aliphatic carbocycles. The lowest BCUT2D eigenvalue weighted by atomic mass is 10.2. The highest BCUT2D eigenvalue weighted by Gasteiger charge is 2.34. The number of anilines is 1. The first kappa shape index (κ1) is 17.0. The zero-order valence-corrected chi connectivity index (χ0v) is 13.5. The molecule has 1 aromatic carbocycles. The van der Waals surface area contributed by atoms with E-state index < -0.39 is 18.0 Å². The first-order valence-corrected chi connectivity index (χ1v) is 7.51. The van der Waals surface area contributed by atoms with Gasteiger partial charge < -0.3 is 20.7 Å². The van der Waals surface area contributed by atoms with Crippen LogP contribution in [0.5, 0.6) is 0 Å². The van der Waals surface area contributed by atoms with E-state index in [1.807, 2.05) is 0 Å². The average Bonchev–Trinajstić information content (AvgIpc) is 2.83. The molecule has 2 amide bonds. The SMILES string of the molecule is COCC(N)C(=O)NC1CCN(c2ccc(Cl)c(Cl)c2)C1=O. The third-order valence-corrected chi connectivity index (χ3v) is 4.16. The Morgan fingerprint density at radius 3 is 2.86 bits per heavy atom. The highest BCUT2D eigenvalue weighted by atomic mass is 35.5. The number of nitrogens with two attached hydrogens (primary N) is 1. The van der Waals surface area contributed by atoms with Crippen LogP contribution in [-0.2, 0) is 14.3 Å². The number of hydrogen-bond donors (Lipinski definition) is 2. The molecule has 0 saturated carbocycles. The summed E-state index contributed by atoms with van der Waals surface area (Å²) in [6.45, 7) is 0.588. The van der Waals surface area contributed by atoms with Gasteiger partial charge in [-0.3, -0.25) is 9.59 Å². The van der Waals surface area contributed by atoms with Gasteiger partial charge in [0.2, 0.25) is 11.8 Å². The number of benzene rings is 1. The summed E-state index contributed by atoms with van der Waals surface area (Å²) in [6, 6.07) is 3.59. The van der Waals surface area contributed by atoms with Gasteiger partial charge in [0.15, 0.2) is 0 Å². The van der Waals surface area contributed by atoms with E-state index in [0.29, 0.717) is 28.7 Å². The summed E-state index contributed by atoms with van der Waals surface area (Å²) < 4.78 is 4.82. The predicted octanol–water partition coefficient (Wildman–Crippen LogP) is 1.19. The Bertz CT molecular complexity index is 582. The summed E-state index contributed by atoms with van der Waals surface area (Å²) in [7, 11) is 1.46. The summed E-state index contributed by atoms with van der Waals surface area (Å²) in [4.78, 5) is 25.8. The van der Waals surface area contributed by atoms with Crippen LogP contribution in [0.3, 0.4) is 0 Å². The zero-order chi connectivity index (χ0) is 16.3. The third kappa shape index (κ3) is 3.70. The molecule has 2 unspecified atom stereocenters. The molecule has 22 heavy (non-hydrogen) atoms. The number of methoxy groups -OCH3 is 1. The Morgan fingerprint density at radius 1 is 1.50 bits per heavy atom. The number of nitrogens with one attached hydrogen (secondary N) is 1. The second kappa shape index (κ2) is 7.28. The second-order valence-electron chi connectivity index (χ2n) is 5.00. The van der Waals surface area contributed by atoms with E-state index in [9.17, 15) is 9.59 Å². The minimum Gasteiger partial charge on any atom is -0.383 e. The lowest BCUT2D eigenvalue weighted by Gasteiger charge is -2.19. The zero-order valence-electron chi connectivity index (χ0n) is 12.0. The Kier molecular flexibility index (Phi) is 5.63. The van der Waals surface area contributed by atoms with Gasteiger partial charge in [-0.05, 0) is 24.6 Å². The Hall–Kier alpha value is -1.34. The van der Waals surface area contributed by atoms with E-state index in [1.165, 1.54) is 7.11 Å². The molecule has 0 bridgehead atoms. The number of carbonyl (C=O) groups excluding carboxylic acids is 2. The summed E-state index contributed by atoms with van der Waals surface area (Å²) in [5.74, 6) is -0.604. The minimum absolute atomic E-state index is 0.100. The number of nitrogens with zero attached hydrogens (tertiary/aromatic N) is 1. The highest BCUT2D eigenvalue weighted by Crippen LogP contribution is 2.29. The van der Waals surface area contributed by atoms with Crippen molar-refractivity contribution in [1.29, 1.82) is 0 Å². The van der Waals surface area contributed by atoms with Gasteiger partial charge in [-0.1, -0.05) is 23.2 Å². The van der Waals surface area contributed by atoms with Gasteiger partial charge in [-0.15, -0.1) is 0 Å². The average molecular weight is 346 g/mol. The van der Waals surface area contributed by atoms with Crippen LogP contribution >= 0.6 is 23.2 Å². The number of ether oxygens (including phenoxy) is 1. The van der Waals surface area contributed by atoms with Gasteiger partial charge in [-0.25, -0.2) is 0 Å². The molecular formula is C14H17Cl2N3O3. The molecule has 1 fully saturated rings. The Balaban J connectivity index is 2.03. The first-order valence-electron chi connectivity index (χ1n) is 6.75. The number of hydrogen-bond acceptors (Lipinski definition) is 4. The Morgan fingerprint density at radius 2 is 2.23 bits per heavy atom. The first-order chi connectivity index (χ1) is 10.4. The summed E-state index contributed by atoms with van der Waals surface area (Å²) in [6.07, 6.45) is 0.504. The van der Waals surface area contributed by atoms with Crippen LogP contribution in [0.15, 0.2) is 18.2 Å². The molecule has 1 aromatic rings. The van der Waals surface area contributed by atoms with Gasteiger partial charge in [0.05, 0.1) is 16.7 Å². The van der Waals surface area contributed by atoms with Crippen LogP contribution in [0.25, 0.3) is 0 Å². The van der Waals surface area contributed by atoms with E-state index in [-0.39, 0.29) is 12.5 Å². The summed E-state index contributed by atoms with van der Waals surface area (Å²) in [5.41, 5.74) is 6.29. The molecule has 8 heteroatoms. The fourth-order valence-corrected chi connectivity index (χ4v) is 2.55. The fraction of sp³-hybridized carbons (Fsp3) is 0.429. The predicted molar refractivity (Wildman–Crippen MR) is 85.2 cm³/mol. The summed E-state index contributed by atoms with van der Waals surface area (Å²) >= 11 is 11.8. The molecule has 0 aromatic heterocycles. The maximum absolute atomic E-state index is 12.4. The van der Waals surface area contributed by atoms with E-state index >= 15 is 0 Å². The van der Waals surface area contributed by atoms with Crippen molar-refractivity contribution < 1.29 is 14.3 Å². The fourth-order valence-electron chi connectivity index (χ4n) is 2.26. The lowest BCUT2D eigenvalue weighted by molar-refractivity contribution is -0.128. The van der Waals surface area contributed by atoms with Crippen molar-refractivity contribution in [2.24, 2.45) is 5.73 Å². The van der Waals surface area contributed by atoms with Crippen molar-refractivity contribution in [3.05, 3.63) is 28.2 Å². The standard InChI is InChI=1S/C14H17Cl2N3O3/c1-22-7-11(17)13(20)18-12-4-5-19(14(12)21)8-2-3-9(15)10(16)6-8/h2-3,6,11-12H,4-5,7,17H2,1H3,(H,18,20). The van der Waals surface area contributed by atoms with Crippen LogP contribution in [0.2, 0.25) is 10.0 Å². The largest absolute Gasteiger partial charge is 0.383 e. The summed E-state index contributed by atoms with van der Waals surface area (Å²) in [5, 5.41) is 3.44. The molecule has 1 aliphatic rings. The number of halogens is 2. The molecule has 6 nitrogen and oxygen atoms in total. The number of rotatable bonds is 5. The van der Waals surface area contributed by atoms with Crippen molar-refractivity contribution >= 4 is 40.7 Å². The van der Waals surface area contributed by atoms with Crippen molar-refractivity contribution in [3.8, 4) is 0 Å². The third-order valence-electron chi connectivity index (χ3n) is 3.42. The van der Waals surface area contributed by atoms with E-state index in [2.05, 4.69) is 5.32 Å². The van der Waals surface area contributed by atoms with Crippen LogP contribution in [-0.4, -0.2) is 44.2 Å². The van der Waals surface area contributed by atoms with Crippen LogP contribution in [0.1, 0.15) is 6.42 Å². The topological polar surface area (TPSA) is 84.7 Å². The van der Waals surface area contributed by atoms with Gasteiger partial charge in [0, 0.05) is 19.3 Å². The normalized spacial score (nSPS) is 19.4. The maximum Gasteiger partial charge on any atom is 0.249 e. The quantitative estimate of drug-likeness (QED) is 0.839. The van der Waals surface area contributed by atoms with Crippen LogP contribution in [0.4, 0.5) is 5.69 Å². The molecular weight excluding hydrogens is 329 g/mol. The van der Waals surface area contributed by atoms with E-state index in [0.717, 1.165) is 0 Å². The molecule has 2 atom stereocenters. The number of amides is 2. The van der Waals surface area contributed by atoms with Gasteiger partial charge >= 0.3 is 0 Å². The second-order valence-corrected chi connectivity index (χ2v) is 5.81. The molecule has 0 spiro atoms. The molecule has 0 radical (unpaired) electrons. The highest BCUT2D eigenvalue weighted by molar-refractivity contribution is 6.42. The van der Waals surface area contributed by atoms with E-state index in [4.69, 9.17) is 33.7 Å². The molecule has 120 valence electrons. The van der Waals surface area contributed by atoms with Crippen molar-refractivity contribution in [2.75, 3.05) is 25.2 Å². The van der Waals surface area contributed by atoms with Gasteiger partial charge in [0.25, 0.3) is 0 Å². The maximum atomic E-state index is 12.4. The number of carbonyl (C=O) groups is 2. The molecule has 2 rings (SSSR count). The molecule has 1 saturated heterocycles. The molecule has 1 heterocycles. The molecule has 3 N–H and O–H groups in total. The van der Waals surface area contributed by atoms with Crippen LogP contribution in [0, 0.1) is 0 Å². The van der Waals surface area contributed by atoms with Crippen molar-refractivity contribution in [2.45, 2.75) is 18.5 Å². The van der Waals surface area contributed by atoms with E-state index in [1.54, 1.807) is 23.1 Å².